The number of carbonyl (C=O) groups excluding carboxylic acids is 2. The van der Waals surface area contributed by atoms with Crippen LogP contribution in [0.5, 0.6) is 0 Å². The van der Waals surface area contributed by atoms with Crippen LogP contribution in [0, 0.1) is 6.92 Å². The minimum absolute atomic E-state index is 0.333. The molecule has 0 fully saturated rings. The Bertz CT molecular complexity index is 1220. The van der Waals surface area contributed by atoms with Crippen LogP contribution in [0.2, 0.25) is 0 Å². The SMILES string of the molecule is Cc1ccccc1NC(=O)C(C)OC(=O)c1ccc2nc(-c3cccnc3)[nH]c2c1. The molecule has 150 valence electrons. The third-order valence-corrected chi connectivity index (χ3v) is 4.71. The molecule has 2 aromatic heterocycles. The highest BCUT2D eigenvalue weighted by Gasteiger charge is 2.20. The van der Waals surface area contributed by atoms with Crippen molar-refractivity contribution in [3.05, 3.63) is 78.1 Å². The summed E-state index contributed by atoms with van der Waals surface area (Å²) < 4.78 is 5.36. The first kappa shape index (κ1) is 19.3. The average molecular weight is 400 g/mol. The van der Waals surface area contributed by atoms with Crippen molar-refractivity contribution in [3.63, 3.8) is 0 Å². The number of benzene rings is 2. The van der Waals surface area contributed by atoms with E-state index in [1.807, 2.05) is 37.3 Å². The molecule has 1 atom stereocenters. The van der Waals surface area contributed by atoms with Crippen molar-refractivity contribution in [3.8, 4) is 11.4 Å². The number of anilines is 1. The molecular formula is C23H20N4O3. The Hall–Kier alpha value is -4.00. The van der Waals surface area contributed by atoms with E-state index in [-0.39, 0.29) is 5.91 Å². The summed E-state index contributed by atoms with van der Waals surface area (Å²) in [7, 11) is 0. The molecule has 4 aromatic rings. The zero-order valence-corrected chi connectivity index (χ0v) is 16.5. The van der Waals surface area contributed by atoms with Crippen molar-refractivity contribution in [2.24, 2.45) is 0 Å². The molecule has 2 heterocycles. The van der Waals surface area contributed by atoms with Gasteiger partial charge in [-0.3, -0.25) is 9.78 Å². The van der Waals surface area contributed by atoms with Crippen molar-refractivity contribution in [1.29, 1.82) is 0 Å². The quantitative estimate of drug-likeness (QED) is 0.491. The molecule has 4 rings (SSSR count). The van der Waals surface area contributed by atoms with Crippen LogP contribution in [0.25, 0.3) is 22.4 Å². The van der Waals surface area contributed by atoms with Gasteiger partial charge in [-0.15, -0.1) is 0 Å². The Morgan fingerprint density at radius 1 is 1.10 bits per heavy atom. The Labute approximate surface area is 173 Å². The molecule has 7 nitrogen and oxygen atoms in total. The second-order valence-electron chi connectivity index (χ2n) is 6.91. The number of pyridine rings is 1. The van der Waals surface area contributed by atoms with E-state index in [0.29, 0.717) is 22.6 Å². The number of hydrogen-bond donors (Lipinski definition) is 2. The smallest absolute Gasteiger partial charge is 0.338 e. The molecule has 0 saturated heterocycles. The van der Waals surface area contributed by atoms with Crippen LogP contribution in [0.4, 0.5) is 5.69 Å². The largest absolute Gasteiger partial charge is 0.449 e. The van der Waals surface area contributed by atoms with Gasteiger partial charge in [-0.05, 0) is 55.8 Å². The van der Waals surface area contributed by atoms with E-state index in [2.05, 4.69) is 20.3 Å². The number of hydrogen-bond acceptors (Lipinski definition) is 5. The van der Waals surface area contributed by atoms with Crippen molar-refractivity contribution in [2.75, 3.05) is 5.32 Å². The van der Waals surface area contributed by atoms with E-state index in [1.165, 1.54) is 0 Å². The van der Waals surface area contributed by atoms with Gasteiger partial charge in [0.25, 0.3) is 5.91 Å². The molecule has 2 aromatic carbocycles. The Morgan fingerprint density at radius 2 is 1.93 bits per heavy atom. The predicted molar refractivity (Wildman–Crippen MR) is 114 cm³/mol. The first-order valence-electron chi connectivity index (χ1n) is 9.49. The van der Waals surface area contributed by atoms with Gasteiger partial charge < -0.3 is 15.0 Å². The van der Waals surface area contributed by atoms with Crippen LogP contribution in [-0.4, -0.2) is 32.9 Å². The van der Waals surface area contributed by atoms with Crippen LogP contribution in [0.3, 0.4) is 0 Å². The van der Waals surface area contributed by atoms with Gasteiger partial charge in [0.1, 0.15) is 5.82 Å². The van der Waals surface area contributed by atoms with E-state index in [1.54, 1.807) is 43.6 Å². The van der Waals surface area contributed by atoms with Gasteiger partial charge in [-0.25, -0.2) is 9.78 Å². The van der Waals surface area contributed by atoms with Crippen molar-refractivity contribution in [1.82, 2.24) is 15.0 Å². The molecular weight excluding hydrogens is 380 g/mol. The number of rotatable bonds is 5. The average Bonchev–Trinajstić information content (AvgIpc) is 3.19. The molecule has 1 unspecified atom stereocenters. The maximum absolute atomic E-state index is 12.6. The fourth-order valence-electron chi connectivity index (χ4n) is 3.01. The van der Waals surface area contributed by atoms with Gasteiger partial charge in [-0.2, -0.15) is 0 Å². The lowest BCUT2D eigenvalue weighted by atomic mass is 10.2. The standard InChI is InChI=1S/C23H20N4O3/c1-14-6-3-4-8-18(14)27-22(28)15(2)30-23(29)16-9-10-19-20(12-16)26-21(25-19)17-7-5-11-24-13-17/h3-13,15H,1-2H3,(H,25,26)(H,27,28). The summed E-state index contributed by atoms with van der Waals surface area (Å²) in [4.78, 5) is 36.7. The number of H-pyrrole nitrogens is 1. The molecule has 0 aliphatic rings. The van der Waals surface area contributed by atoms with Crippen molar-refractivity contribution < 1.29 is 14.3 Å². The highest BCUT2D eigenvalue weighted by Crippen LogP contribution is 2.21. The fraction of sp³-hybridized carbons (Fsp3) is 0.130. The molecule has 7 heteroatoms. The zero-order chi connectivity index (χ0) is 21.1. The number of aromatic amines is 1. The maximum atomic E-state index is 12.6. The second kappa shape index (κ2) is 8.16. The Balaban J connectivity index is 1.47. The summed E-state index contributed by atoms with van der Waals surface area (Å²) in [5.74, 6) is -0.310. The van der Waals surface area contributed by atoms with Crippen LogP contribution in [0.1, 0.15) is 22.8 Å². The summed E-state index contributed by atoms with van der Waals surface area (Å²) in [5.41, 5.74) is 4.21. The number of amides is 1. The molecule has 0 radical (unpaired) electrons. The summed E-state index contributed by atoms with van der Waals surface area (Å²) in [6.45, 7) is 3.44. The normalized spacial score (nSPS) is 11.8. The number of aromatic nitrogens is 3. The first-order valence-corrected chi connectivity index (χ1v) is 9.49. The predicted octanol–water partition coefficient (Wildman–Crippen LogP) is 4.12. The molecule has 0 aliphatic heterocycles. The van der Waals surface area contributed by atoms with Crippen LogP contribution >= 0.6 is 0 Å². The van der Waals surface area contributed by atoms with E-state index < -0.39 is 12.1 Å². The van der Waals surface area contributed by atoms with E-state index in [4.69, 9.17) is 4.74 Å². The lowest BCUT2D eigenvalue weighted by molar-refractivity contribution is -0.123. The van der Waals surface area contributed by atoms with Gasteiger partial charge in [0, 0.05) is 23.6 Å². The molecule has 1 amide bonds. The van der Waals surface area contributed by atoms with E-state index >= 15 is 0 Å². The number of ether oxygens (including phenoxy) is 1. The third-order valence-electron chi connectivity index (χ3n) is 4.71. The molecule has 2 N–H and O–H groups in total. The number of carbonyl (C=O) groups is 2. The highest BCUT2D eigenvalue weighted by atomic mass is 16.5. The summed E-state index contributed by atoms with van der Waals surface area (Å²) in [6, 6.07) is 16.2. The van der Waals surface area contributed by atoms with Crippen LogP contribution in [-0.2, 0) is 9.53 Å². The van der Waals surface area contributed by atoms with Gasteiger partial charge >= 0.3 is 5.97 Å². The third kappa shape index (κ3) is 4.05. The Morgan fingerprint density at radius 3 is 2.70 bits per heavy atom. The fourth-order valence-corrected chi connectivity index (χ4v) is 3.01. The van der Waals surface area contributed by atoms with Gasteiger partial charge in [-0.1, -0.05) is 18.2 Å². The lowest BCUT2D eigenvalue weighted by Gasteiger charge is -2.14. The minimum Gasteiger partial charge on any atom is -0.449 e. The molecule has 30 heavy (non-hydrogen) atoms. The lowest BCUT2D eigenvalue weighted by Crippen LogP contribution is -2.30. The molecule has 0 saturated carbocycles. The Kier molecular flexibility index (Phi) is 5.26. The summed E-state index contributed by atoms with van der Waals surface area (Å²) in [5, 5.41) is 2.78. The molecule has 0 spiro atoms. The number of aryl methyl sites for hydroxylation is 1. The van der Waals surface area contributed by atoms with Gasteiger partial charge in [0.2, 0.25) is 0 Å². The highest BCUT2D eigenvalue weighted by molar-refractivity contribution is 5.99. The number of nitrogens with zero attached hydrogens (tertiary/aromatic N) is 2. The number of para-hydroxylation sites is 1. The van der Waals surface area contributed by atoms with Crippen molar-refractivity contribution in [2.45, 2.75) is 20.0 Å². The van der Waals surface area contributed by atoms with Crippen molar-refractivity contribution >= 4 is 28.6 Å². The second-order valence-corrected chi connectivity index (χ2v) is 6.91. The number of nitrogens with one attached hydrogen (secondary N) is 2. The number of esters is 1. The van der Waals surface area contributed by atoms with E-state index in [0.717, 1.165) is 16.6 Å². The van der Waals surface area contributed by atoms with Crippen LogP contribution < -0.4 is 5.32 Å². The van der Waals surface area contributed by atoms with Crippen LogP contribution in [0.15, 0.2) is 67.0 Å². The van der Waals surface area contributed by atoms with Gasteiger partial charge in [0.05, 0.1) is 16.6 Å². The molecule has 0 aliphatic carbocycles. The summed E-state index contributed by atoms with van der Waals surface area (Å²) in [6.07, 6.45) is 2.46. The topological polar surface area (TPSA) is 97.0 Å². The molecule has 0 bridgehead atoms. The summed E-state index contributed by atoms with van der Waals surface area (Å²) >= 11 is 0. The maximum Gasteiger partial charge on any atom is 0.338 e. The van der Waals surface area contributed by atoms with Gasteiger partial charge in [0.15, 0.2) is 6.10 Å². The first-order chi connectivity index (χ1) is 14.5. The minimum atomic E-state index is -0.944. The zero-order valence-electron chi connectivity index (χ0n) is 16.5. The van der Waals surface area contributed by atoms with E-state index in [9.17, 15) is 9.59 Å². The number of imidazole rings is 1. The number of fused-ring (bicyclic) bond motifs is 1. The monoisotopic (exact) mass is 400 g/mol.